The Hall–Kier alpha value is -1.13. The van der Waals surface area contributed by atoms with E-state index in [0.717, 1.165) is 12.8 Å². The number of aliphatic hydroxyl groups excluding tert-OH is 1. The van der Waals surface area contributed by atoms with E-state index in [1.54, 1.807) is 0 Å². The summed E-state index contributed by atoms with van der Waals surface area (Å²) in [5, 5.41) is 18.9. The minimum atomic E-state index is -3.80. The number of benzene rings is 1. The first-order valence-corrected chi connectivity index (χ1v) is 8.17. The standard InChI is InChI=1S/C13H15ClN2O3S/c14-11-5-4-9(7-15)13(6-11)20(18,19)16-8-10-2-1-3-12(10)17/h4-6,10,12,16-17H,1-3,8H2. The largest absolute Gasteiger partial charge is 0.393 e. The quantitative estimate of drug-likeness (QED) is 0.884. The summed E-state index contributed by atoms with van der Waals surface area (Å²) in [4.78, 5) is -0.125. The van der Waals surface area contributed by atoms with Gasteiger partial charge in [0.2, 0.25) is 10.0 Å². The monoisotopic (exact) mass is 314 g/mol. The van der Waals surface area contributed by atoms with E-state index in [9.17, 15) is 13.5 Å². The SMILES string of the molecule is N#Cc1ccc(Cl)cc1S(=O)(=O)NCC1CCCC1O. The molecule has 7 heteroatoms. The molecule has 0 bridgehead atoms. The molecule has 0 heterocycles. The molecule has 1 fully saturated rings. The first-order chi connectivity index (χ1) is 9.44. The Morgan fingerprint density at radius 3 is 2.80 bits per heavy atom. The Bertz CT molecular complexity index is 640. The normalized spacial score (nSPS) is 22.6. The highest BCUT2D eigenvalue weighted by Gasteiger charge is 2.27. The molecule has 2 rings (SSSR count). The lowest BCUT2D eigenvalue weighted by Crippen LogP contribution is -2.32. The second-order valence-electron chi connectivity index (χ2n) is 4.86. The highest BCUT2D eigenvalue weighted by molar-refractivity contribution is 7.89. The van der Waals surface area contributed by atoms with Crippen molar-refractivity contribution in [3.63, 3.8) is 0 Å². The zero-order valence-electron chi connectivity index (χ0n) is 10.7. The maximum atomic E-state index is 12.2. The summed E-state index contributed by atoms with van der Waals surface area (Å²) >= 11 is 5.79. The molecule has 0 spiro atoms. The van der Waals surface area contributed by atoms with Gasteiger partial charge in [-0.2, -0.15) is 5.26 Å². The summed E-state index contributed by atoms with van der Waals surface area (Å²) in [5.41, 5.74) is 0.0499. The van der Waals surface area contributed by atoms with Gasteiger partial charge in [-0.1, -0.05) is 18.0 Å². The van der Waals surface area contributed by atoms with Crippen LogP contribution in [-0.4, -0.2) is 26.2 Å². The van der Waals surface area contributed by atoms with Crippen LogP contribution in [0.2, 0.25) is 5.02 Å². The predicted octanol–water partition coefficient (Wildman–Crippen LogP) is 1.65. The van der Waals surface area contributed by atoms with Crippen molar-refractivity contribution in [2.24, 2.45) is 5.92 Å². The molecule has 0 saturated heterocycles. The van der Waals surface area contributed by atoms with Crippen molar-refractivity contribution in [3.05, 3.63) is 28.8 Å². The second-order valence-corrected chi connectivity index (χ2v) is 7.03. The van der Waals surface area contributed by atoms with Gasteiger partial charge in [-0.15, -0.1) is 0 Å². The van der Waals surface area contributed by atoms with Gasteiger partial charge in [0.05, 0.1) is 11.7 Å². The fourth-order valence-corrected chi connectivity index (χ4v) is 3.87. The van der Waals surface area contributed by atoms with Crippen LogP contribution >= 0.6 is 11.6 Å². The van der Waals surface area contributed by atoms with Crippen LogP contribution in [0.15, 0.2) is 23.1 Å². The number of nitrogens with one attached hydrogen (secondary N) is 1. The van der Waals surface area contributed by atoms with E-state index in [-0.39, 0.29) is 27.9 Å². The first kappa shape index (κ1) is 15.3. The van der Waals surface area contributed by atoms with Gasteiger partial charge >= 0.3 is 0 Å². The van der Waals surface area contributed by atoms with E-state index in [4.69, 9.17) is 16.9 Å². The maximum absolute atomic E-state index is 12.2. The number of nitrogens with zero attached hydrogens (tertiary/aromatic N) is 1. The smallest absolute Gasteiger partial charge is 0.241 e. The maximum Gasteiger partial charge on any atom is 0.241 e. The molecule has 108 valence electrons. The van der Waals surface area contributed by atoms with E-state index >= 15 is 0 Å². The zero-order valence-corrected chi connectivity index (χ0v) is 12.3. The van der Waals surface area contributed by atoms with Gasteiger partial charge in [0.15, 0.2) is 0 Å². The molecule has 1 aromatic rings. The van der Waals surface area contributed by atoms with Crippen molar-refractivity contribution in [2.75, 3.05) is 6.54 Å². The molecule has 2 unspecified atom stereocenters. The van der Waals surface area contributed by atoms with Gasteiger partial charge in [-0.25, -0.2) is 13.1 Å². The summed E-state index contributed by atoms with van der Waals surface area (Å²) in [6.45, 7) is 0.168. The lowest BCUT2D eigenvalue weighted by molar-refractivity contribution is 0.134. The lowest BCUT2D eigenvalue weighted by atomic mass is 10.1. The van der Waals surface area contributed by atoms with Gasteiger partial charge in [-0.3, -0.25) is 0 Å². The van der Waals surface area contributed by atoms with E-state index in [0.29, 0.717) is 6.42 Å². The summed E-state index contributed by atoms with van der Waals surface area (Å²) in [6, 6.07) is 5.94. The van der Waals surface area contributed by atoms with Crippen molar-refractivity contribution < 1.29 is 13.5 Å². The zero-order chi connectivity index (χ0) is 14.8. The first-order valence-electron chi connectivity index (χ1n) is 6.31. The van der Waals surface area contributed by atoms with Crippen LogP contribution < -0.4 is 4.72 Å². The van der Waals surface area contributed by atoms with Gasteiger partial charge in [0.1, 0.15) is 11.0 Å². The van der Waals surface area contributed by atoms with Crippen molar-refractivity contribution in [2.45, 2.75) is 30.3 Å². The summed E-state index contributed by atoms with van der Waals surface area (Å²) in [5.74, 6) is -0.0745. The third-order valence-electron chi connectivity index (χ3n) is 3.51. The third-order valence-corrected chi connectivity index (χ3v) is 5.21. The molecule has 1 aliphatic rings. The molecular formula is C13H15ClN2O3S. The molecule has 1 aromatic carbocycles. The fourth-order valence-electron chi connectivity index (χ4n) is 2.36. The number of rotatable bonds is 4. The number of nitriles is 1. The van der Waals surface area contributed by atoms with Gasteiger partial charge < -0.3 is 5.11 Å². The summed E-state index contributed by atoms with van der Waals surface area (Å²) < 4.78 is 26.9. The van der Waals surface area contributed by atoms with Crippen molar-refractivity contribution >= 4 is 21.6 Å². The van der Waals surface area contributed by atoms with Gasteiger partial charge in [0.25, 0.3) is 0 Å². The molecule has 2 atom stereocenters. The van der Waals surface area contributed by atoms with Crippen molar-refractivity contribution in [1.29, 1.82) is 5.26 Å². The number of hydrogen-bond donors (Lipinski definition) is 2. The van der Waals surface area contributed by atoms with Gasteiger partial charge in [-0.05, 0) is 37.0 Å². The summed E-state index contributed by atoms with van der Waals surface area (Å²) in [6.07, 6.45) is 1.93. The van der Waals surface area contributed by atoms with Crippen LogP contribution in [0.4, 0.5) is 0 Å². The Balaban J connectivity index is 2.18. The lowest BCUT2D eigenvalue weighted by Gasteiger charge is -2.15. The number of hydrogen-bond acceptors (Lipinski definition) is 4. The molecule has 0 amide bonds. The second kappa shape index (κ2) is 6.10. The molecule has 0 radical (unpaired) electrons. The average molecular weight is 315 g/mol. The van der Waals surface area contributed by atoms with E-state index in [1.165, 1.54) is 18.2 Å². The Morgan fingerprint density at radius 2 is 2.20 bits per heavy atom. The topological polar surface area (TPSA) is 90.2 Å². The van der Waals surface area contributed by atoms with Gasteiger partial charge in [0, 0.05) is 11.6 Å². The Morgan fingerprint density at radius 1 is 1.45 bits per heavy atom. The van der Waals surface area contributed by atoms with Crippen LogP contribution in [0.25, 0.3) is 0 Å². The number of halogens is 1. The Kier molecular flexibility index (Phi) is 4.66. The molecule has 5 nitrogen and oxygen atoms in total. The van der Waals surface area contributed by atoms with Crippen LogP contribution in [0, 0.1) is 17.2 Å². The molecule has 0 aliphatic heterocycles. The van der Waals surface area contributed by atoms with Crippen LogP contribution in [-0.2, 0) is 10.0 Å². The van der Waals surface area contributed by atoms with E-state index < -0.39 is 16.1 Å². The predicted molar refractivity (Wildman–Crippen MR) is 74.7 cm³/mol. The highest BCUT2D eigenvalue weighted by atomic mass is 35.5. The van der Waals surface area contributed by atoms with E-state index in [1.807, 2.05) is 6.07 Å². The third kappa shape index (κ3) is 3.30. The minimum Gasteiger partial charge on any atom is -0.393 e. The van der Waals surface area contributed by atoms with Crippen LogP contribution in [0.1, 0.15) is 24.8 Å². The fraction of sp³-hybridized carbons (Fsp3) is 0.462. The minimum absolute atomic E-state index is 0.0499. The molecule has 2 N–H and O–H groups in total. The van der Waals surface area contributed by atoms with E-state index in [2.05, 4.69) is 4.72 Å². The molecule has 20 heavy (non-hydrogen) atoms. The molecule has 1 saturated carbocycles. The van der Waals surface area contributed by atoms with Crippen LogP contribution in [0.5, 0.6) is 0 Å². The molecule has 0 aromatic heterocycles. The average Bonchev–Trinajstić information content (AvgIpc) is 2.82. The highest BCUT2D eigenvalue weighted by Crippen LogP contribution is 2.26. The van der Waals surface area contributed by atoms with Crippen molar-refractivity contribution in [3.8, 4) is 6.07 Å². The van der Waals surface area contributed by atoms with Crippen molar-refractivity contribution in [1.82, 2.24) is 4.72 Å². The molecule has 1 aliphatic carbocycles. The number of sulfonamides is 1. The van der Waals surface area contributed by atoms with Crippen LogP contribution in [0.3, 0.4) is 0 Å². The summed E-state index contributed by atoms with van der Waals surface area (Å²) in [7, 11) is -3.80. The Labute approximate surface area is 123 Å². The number of aliphatic hydroxyl groups is 1. The molecular weight excluding hydrogens is 300 g/mol.